The second-order valence-electron chi connectivity index (χ2n) is 6.80. The van der Waals surface area contributed by atoms with Crippen molar-refractivity contribution in [2.24, 2.45) is 0 Å². The molecular weight excluding hydrogens is 322 g/mol. The SMILES string of the molecule is Cc1ccnc2sc(C(=O)N3CCCC3C(=O)NC3CC3)c(C)c12. The van der Waals surface area contributed by atoms with Gasteiger partial charge in [-0.3, -0.25) is 9.59 Å². The normalized spacial score (nSPS) is 20.6. The topological polar surface area (TPSA) is 62.3 Å². The van der Waals surface area contributed by atoms with Gasteiger partial charge >= 0.3 is 0 Å². The Labute approximate surface area is 145 Å². The number of hydrogen-bond acceptors (Lipinski definition) is 4. The van der Waals surface area contributed by atoms with Crippen molar-refractivity contribution in [1.82, 2.24) is 15.2 Å². The third-order valence-electron chi connectivity index (χ3n) is 4.97. The van der Waals surface area contributed by atoms with E-state index >= 15 is 0 Å². The van der Waals surface area contributed by atoms with Crippen molar-refractivity contribution in [3.8, 4) is 0 Å². The molecule has 2 aromatic heterocycles. The minimum atomic E-state index is -0.322. The van der Waals surface area contributed by atoms with Crippen LogP contribution in [0.1, 0.15) is 46.5 Å². The van der Waals surface area contributed by atoms with E-state index in [0.717, 1.165) is 51.9 Å². The smallest absolute Gasteiger partial charge is 0.264 e. The highest BCUT2D eigenvalue weighted by atomic mass is 32.1. The van der Waals surface area contributed by atoms with Gasteiger partial charge in [-0.05, 0) is 56.7 Å². The number of rotatable bonds is 3. The van der Waals surface area contributed by atoms with E-state index in [0.29, 0.717) is 12.6 Å². The standard InChI is InChI=1S/C18H21N3O2S/c1-10-7-8-19-17-14(10)11(2)15(24-17)18(23)21-9-3-4-13(21)16(22)20-12-5-6-12/h7-8,12-13H,3-6,9H2,1-2H3,(H,20,22). The summed E-state index contributed by atoms with van der Waals surface area (Å²) in [6, 6.07) is 1.97. The number of fused-ring (bicyclic) bond motifs is 1. The van der Waals surface area contributed by atoms with Crippen molar-refractivity contribution in [3.63, 3.8) is 0 Å². The van der Waals surface area contributed by atoms with Gasteiger partial charge in [0.1, 0.15) is 10.9 Å². The number of amides is 2. The van der Waals surface area contributed by atoms with Gasteiger partial charge in [0, 0.05) is 24.2 Å². The van der Waals surface area contributed by atoms with E-state index in [1.165, 1.54) is 11.3 Å². The summed E-state index contributed by atoms with van der Waals surface area (Å²) in [5.41, 5.74) is 2.12. The molecule has 1 unspecified atom stereocenters. The Bertz CT molecular complexity index is 825. The average molecular weight is 343 g/mol. The van der Waals surface area contributed by atoms with Crippen LogP contribution in [0.2, 0.25) is 0 Å². The molecular formula is C18H21N3O2S. The molecule has 0 radical (unpaired) electrons. The quantitative estimate of drug-likeness (QED) is 0.932. The number of hydrogen-bond donors (Lipinski definition) is 1. The largest absolute Gasteiger partial charge is 0.352 e. The van der Waals surface area contributed by atoms with Crippen LogP contribution >= 0.6 is 11.3 Å². The maximum absolute atomic E-state index is 13.1. The molecule has 1 saturated carbocycles. The average Bonchev–Trinajstić information content (AvgIpc) is 3.11. The van der Waals surface area contributed by atoms with Crippen molar-refractivity contribution in [2.75, 3.05) is 6.54 Å². The molecule has 5 nitrogen and oxygen atoms in total. The molecule has 6 heteroatoms. The summed E-state index contributed by atoms with van der Waals surface area (Å²) in [6.07, 6.45) is 5.55. The van der Waals surface area contributed by atoms with E-state index < -0.39 is 0 Å². The first kappa shape index (κ1) is 15.6. The fourth-order valence-electron chi connectivity index (χ4n) is 3.50. The number of likely N-dealkylation sites (tertiary alicyclic amines) is 1. The van der Waals surface area contributed by atoms with E-state index in [-0.39, 0.29) is 17.9 Å². The number of carbonyl (C=O) groups excluding carboxylic acids is 2. The van der Waals surface area contributed by atoms with Crippen LogP contribution in [0.25, 0.3) is 10.2 Å². The van der Waals surface area contributed by atoms with Crippen LogP contribution in [0.5, 0.6) is 0 Å². The second-order valence-corrected chi connectivity index (χ2v) is 7.80. The van der Waals surface area contributed by atoms with Crippen LogP contribution < -0.4 is 5.32 Å². The van der Waals surface area contributed by atoms with Crippen LogP contribution in [-0.4, -0.2) is 40.3 Å². The Kier molecular flexibility index (Phi) is 3.79. The van der Waals surface area contributed by atoms with Gasteiger partial charge in [-0.25, -0.2) is 4.98 Å². The van der Waals surface area contributed by atoms with Gasteiger partial charge < -0.3 is 10.2 Å². The first-order valence-corrected chi connectivity index (χ1v) is 9.34. The number of nitrogens with one attached hydrogen (secondary N) is 1. The minimum absolute atomic E-state index is 0.0106. The molecule has 0 bridgehead atoms. The Balaban J connectivity index is 1.64. The molecule has 2 aliphatic rings. The van der Waals surface area contributed by atoms with Gasteiger partial charge in [-0.2, -0.15) is 0 Å². The zero-order valence-corrected chi connectivity index (χ0v) is 14.8. The fraction of sp³-hybridized carbons (Fsp3) is 0.500. The van der Waals surface area contributed by atoms with Crippen molar-refractivity contribution >= 4 is 33.4 Å². The lowest BCUT2D eigenvalue weighted by Crippen LogP contribution is -2.46. The van der Waals surface area contributed by atoms with Gasteiger partial charge in [0.25, 0.3) is 5.91 Å². The molecule has 1 saturated heterocycles. The Hall–Kier alpha value is -1.95. The fourth-order valence-corrected chi connectivity index (χ4v) is 4.68. The molecule has 3 heterocycles. The molecule has 1 atom stereocenters. The van der Waals surface area contributed by atoms with Gasteiger partial charge in [0.15, 0.2) is 0 Å². The summed E-state index contributed by atoms with van der Waals surface area (Å²) < 4.78 is 0. The van der Waals surface area contributed by atoms with Crippen LogP contribution in [0.15, 0.2) is 12.3 Å². The van der Waals surface area contributed by atoms with Crippen molar-refractivity contribution in [2.45, 2.75) is 51.6 Å². The number of nitrogens with zero attached hydrogens (tertiary/aromatic N) is 2. The molecule has 0 spiro atoms. The van der Waals surface area contributed by atoms with Crippen molar-refractivity contribution < 1.29 is 9.59 Å². The Morgan fingerprint density at radius 2 is 2.08 bits per heavy atom. The summed E-state index contributed by atoms with van der Waals surface area (Å²) in [5, 5.41) is 4.11. The van der Waals surface area contributed by atoms with Crippen LogP contribution in [0.4, 0.5) is 0 Å². The lowest BCUT2D eigenvalue weighted by atomic mass is 10.1. The minimum Gasteiger partial charge on any atom is -0.352 e. The molecule has 126 valence electrons. The third-order valence-corrected chi connectivity index (χ3v) is 6.16. The van der Waals surface area contributed by atoms with Gasteiger partial charge in [0.05, 0.1) is 4.88 Å². The maximum Gasteiger partial charge on any atom is 0.264 e. The van der Waals surface area contributed by atoms with Gasteiger partial charge in [-0.1, -0.05) is 0 Å². The molecule has 1 aliphatic heterocycles. The molecule has 24 heavy (non-hydrogen) atoms. The molecule has 1 N–H and O–H groups in total. The van der Waals surface area contributed by atoms with Crippen molar-refractivity contribution in [1.29, 1.82) is 0 Å². The Morgan fingerprint density at radius 3 is 2.79 bits per heavy atom. The zero-order valence-electron chi connectivity index (χ0n) is 14.0. The monoisotopic (exact) mass is 343 g/mol. The zero-order chi connectivity index (χ0) is 16.8. The summed E-state index contributed by atoms with van der Waals surface area (Å²) in [6.45, 7) is 4.68. The predicted molar refractivity (Wildman–Crippen MR) is 94.3 cm³/mol. The number of pyridine rings is 1. The van der Waals surface area contributed by atoms with Crippen molar-refractivity contribution in [3.05, 3.63) is 28.3 Å². The molecule has 2 fully saturated rings. The number of carbonyl (C=O) groups is 2. The Morgan fingerprint density at radius 1 is 1.29 bits per heavy atom. The molecule has 0 aromatic carbocycles. The second kappa shape index (κ2) is 5.84. The van der Waals surface area contributed by atoms with E-state index in [1.54, 1.807) is 11.1 Å². The summed E-state index contributed by atoms with van der Waals surface area (Å²) in [5.74, 6) is -0.0141. The van der Waals surface area contributed by atoms with E-state index in [4.69, 9.17) is 0 Å². The summed E-state index contributed by atoms with van der Waals surface area (Å²) in [7, 11) is 0. The van der Waals surface area contributed by atoms with E-state index in [9.17, 15) is 9.59 Å². The third kappa shape index (κ3) is 2.59. The number of thiophene rings is 1. The summed E-state index contributed by atoms with van der Waals surface area (Å²) >= 11 is 1.44. The van der Waals surface area contributed by atoms with Crippen LogP contribution in [0, 0.1) is 13.8 Å². The molecule has 1 aliphatic carbocycles. The van der Waals surface area contributed by atoms with Crippen LogP contribution in [0.3, 0.4) is 0 Å². The highest BCUT2D eigenvalue weighted by Crippen LogP contribution is 2.34. The van der Waals surface area contributed by atoms with Crippen LogP contribution in [-0.2, 0) is 4.79 Å². The lowest BCUT2D eigenvalue weighted by molar-refractivity contribution is -0.125. The van der Waals surface area contributed by atoms with E-state index in [2.05, 4.69) is 10.3 Å². The number of aromatic nitrogens is 1. The number of aryl methyl sites for hydroxylation is 2. The lowest BCUT2D eigenvalue weighted by Gasteiger charge is -2.23. The summed E-state index contributed by atoms with van der Waals surface area (Å²) in [4.78, 5) is 33.3. The molecule has 4 rings (SSSR count). The maximum atomic E-state index is 13.1. The highest BCUT2D eigenvalue weighted by Gasteiger charge is 2.37. The predicted octanol–water partition coefficient (Wildman–Crippen LogP) is 2.80. The highest BCUT2D eigenvalue weighted by molar-refractivity contribution is 7.20. The first-order valence-electron chi connectivity index (χ1n) is 8.52. The molecule has 2 aromatic rings. The van der Waals surface area contributed by atoms with Gasteiger partial charge in [0.2, 0.25) is 5.91 Å². The van der Waals surface area contributed by atoms with E-state index in [1.807, 2.05) is 19.9 Å². The molecule has 2 amide bonds. The first-order chi connectivity index (χ1) is 11.6. The van der Waals surface area contributed by atoms with Gasteiger partial charge in [-0.15, -0.1) is 11.3 Å².